The molecule has 108 valence electrons. The maximum Gasteiger partial charge on any atom is 0.292 e. The van der Waals surface area contributed by atoms with Crippen molar-refractivity contribution in [2.45, 2.75) is 13.5 Å². The third-order valence-corrected chi connectivity index (χ3v) is 2.91. The summed E-state index contributed by atoms with van der Waals surface area (Å²) in [6.07, 6.45) is 1.68. The third kappa shape index (κ3) is 3.53. The van der Waals surface area contributed by atoms with Crippen molar-refractivity contribution in [2.24, 2.45) is 0 Å². The largest absolute Gasteiger partial charge is 0.393 e. The smallest absolute Gasteiger partial charge is 0.292 e. The Morgan fingerprint density at radius 2 is 2.14 bits per heavy atom. The van der Waals surface area contributed by atoms with E-state index in [1.807, 2.05) is 19.1 Å². The lowest BCUT2D eigenvalue weighted by molar-refractivity contribution is -0.383. The van der Waals surface area contributed by atoms with Crippen molar-refractivity contribution in [1.82, 2.24) is 10.3 Å². The molecule has 2 aromatic rings. The maximum absolute atomic E-state index is 12.0. The quantitative estimate of drug-likeness (QED) is 0.506. The molecule has 1 heterocycles. The van der Waals surface area contributed by atoms with Crippen LogP contribution in [0.25, 0.3) is 0 Å². The van der Waals surface area contributed by atoms with Crippen LogP contribution in [0.15, 0.2) is 36.5 Å². The molecule has 0 spiro atoms. The van der Waals surface area contributed by atoms with Crippen molar-refractivity contribution in [3.63, 3.8) is 0 Å². The highest BCUT2D eigenvalue weighted by atomic mass is 16.6. The lowest BCUT2D eigenvalue weighted by Crippen LogP contribution is -2.23. The van der Waals surface area contributed by atoms with E-state index in [0.29, 0.717) is 6.54 Å². The first-order valence-corrected chi connectivity index (χ1v) is 6.21. The monoisotopic (exact) mass is 286 g/mol. The summed E-state index contributed by atoms with van der Waals surface area (Å²) < 4.78 is 0. The molecule has 3 N–H and O–H groups in total. The molecule has 2 rings (SSSR count). The number of nitrogens with zero attached hydrogens (tertiary/aromatic N) is 2. The van der Waals surface area contributed by atoms with Crippen LogP contribution in [0.5, 0.6) is 0 Å². The second kappa shape index (κ2) is 6.00. The van der Waals surface area contributed by atoms with Crippen LogP contribution in [0.2, 0.25) is 0 Å². The first-order valence-electron chi connectivity index (χ1n) is 6.21. The number of carbonyl (C=O) groups is 1. The molecule has 1 aromatic carbocycles. The molecule has 21 heavy (non-hydrogen) atoms. The Balaban J connectivity index is 2.05. The van der Waals surface area contributed by atoms with E-state index in [0.717, 1.165) is 11.3 Å². The number of hydrogen-bond donors (Lipinski definition) is 2. The van der Waals surface area contributed by atoms with E-state index >= 15 is 0 Å². The van der Waals surface area contributed by atoms with E-state index in [9.17, 15) is 14.9 Å². The number of nitrogen functional groups attached to an aromatic ring is 1. The Morgan fingerprint density at radius 1 is 1.38 bits per heavy atom. The minimum atomic E-state index is -0.588. The van der Waals surface area contributed by atoms with E-state index in [4.69, 9.17) is 5.73 Å². The van der Waals surface area contributed by atoms with Gasteiger partial charge in [0.15, 0.2) is 0 Å². The van der Waals surface area contributed by atoms with Gasteiger partial charge in [0.05, 0.1) is 4.92 Å². The summed E-state index contributed by atoms with van der Waals surface area (Å²) >= 11 is 0. The highest BCUT2D eigenvalue weighted by molar-refractivity contribution is 5.95. The second-order valence-electron chi connectivity index (χ2n) is 4.52. The number of nitro groups is 1. The van der Waals surface area contributed by atoms with E-state index in [1.54, 1.807) is 6.20 Å². The molecule has 0 radical (unpaired) electrons. The normalized spacial score (nSPS) is 10.1. The van der Waals surface area contributed by atoms with Gasteiger partial charge in [-0.05, 0) is 30.7 Å². The fourth-order valence-corrected chi connectivity index (χ4v) is 1.75. The molecule has 7 heteroatoms. The lowest BCUT2D eigenvalue weighted by Gasteiger charge is -2.06. The van der Waals surface area contributed by atoms with Crippen LogP contribution in [0.4, 0.5) is 11.4 Å². The van der Waals surface area contributed by atoms with Crippen LogP contribution >= 0.6 is 0 Å². The minimum Gasteiger partial charge on any atom is -0.393 e. The van der Waals surface area contributed by atoms with Crippen LogP contribution in [-0.2, 0) is 6.54 Å². The topological polar surface area (TPSA) is 111 Å². The molecular formula is C14H14N4O3. The van der Waals surface area contributed by atoms with Crippen LogP contribution in [0.3, 0.4) is 0 Å². The molecule has 1 aromatic heterocycles. The van der Waals surface area contributed by atoms with Crippen LogP contribution < -0.4 is 11.1 Å². The molecule has 0 saturated carbocycles. The molecule has 7 nitrogen and oxygen atoms in total. The number of rotatable bonds is 4. The van der Waals surface area contributed by atoms with Gasteiger partial charge in [-0.1, -0.05) is 6.07 Å². The van der Waals surface area contributed by atoms with Crippen molar-refractivity contribution in [2.75, 3.05) is 5.73 Å². The van der Waals surface area contributed by atoms with Crippen LogP contribution in [0, 0.1) is 17.0 Å². The average molecular weight is 286 g/mol. The summed E-state index contributed by atoms with van der Waals surface area (Å²) in [6, 6.07) is 7.61. The van der Waals surface area contributed by atoms with Gasteiger partial charge in [-0.2, -0.15) is 0 Å². The summed E-state index contributed by atoms with van der Waals surface area (Å²) in [5.41, 5.74) is 7.34. The van der Waals surface area contributed by atoms with Crippen molar-refractivity contribution in [3.05, 3.63) is 63.5 Å². The summed E-state index contributed by atoms with van der Waals surface area (Å²) in [5, 5.41) is 13.4. The number of hydrogen-bond acceptors (Lipinski definition) is 5. The predicted octanol–water partition coefficient (Wildman–Crippen LogP) is 1.81. The minimum absolute atomic E-state index is 0.0374. The van der Waals surface area contributed by atoms with Gasteiger partial charge in [-0.15, -0.1) is 0 Å². The zero-order valence-electron chi connectivity index (χ0n) is 11.4. The Morgan fingerprint density at radius 3 is 2.71 bits per heavy atom. The molecule has 0 aliphatic carbocycles. The highest BCUT2D eigenvalue weighted by Crippen LogP contribution is 2.21. The summed E-state index contributed by atoms with van der Waals surface area (Å²) in [4.78, 5) is 26.2. The number of amides is 1. The SMILES string of the molecule is Cc1ccc(CNC(=O)c2ccc([N+](=O)[O-])c(N)c2)cn1. The zero-order valence-corrected chi connectivity index (χ0v) is 11.4. The van der Waals surface area contributed by atoms with E-state index in [-0.39, 0.29) is 22.8 Å². The zero-order chi connectivity index (χ0) is 15.4. The summed E-state index contributed by atoms with van der Waals surface area (Å²) in [5.74, 6) is -0.350. The number of aromatic nitrogens is 1. The fraction of sp³-hybridized carbons (Fsp3) is 0.143. The molecule has 0 atom stereocenters. The standard InChI is InChI=1S/C14H14N4O3/c1-9-2-3-10(7-16-9)8-17-14(19)11-4-5-13(18(20)21)12(15)6-11/h2-7H,8,15H2,1H3,(H,17,19). The van der Waals surface area contributed by atoms with Gasteiger partial charge >= 0.3 is 0 Å². The second-order valence-corrected chi connectivity index (χ2v) is 4.52. The molecular weight excluding hydrogens is 272 g/mol. The first-order chi connectivity index (χ1) is 9.97. The first kappa shape index (κ1) is 14.4. The number of pyridine rings is 1. The van der Waals surface area contributed by atoms with Gasteiger partial charge in [-0.3, -0.25) is 19.9 Å². The van der Waals surface area contributed by atoms with Gasteiger partial charge in [-0.25, -0.2) is 0 Å². The number of nitro benzene ring substituents is 1. The molecule has 0 unspecified atom stereocenters. The number of nitrogens with two attached hydrogens (primary N) is 1. The number of benzene rings is 1. The molecule has 0 fully saturated rings. The van der Waals surface area contributed by atoms with Gasteiger partial charge in [0.2, 0.25) is 0 Å². The number of anilines is 1. The molecule has 0 aliphatic rings. The van der Waals surface area contributed by atoms with E-state index in [1.165, 1.54) is 18.2 Å². The van der Waals surface area contributed by atoms with Gasteiger partial charge in [0, 0.05) is 30.1 Å². The molecule has 0 saturated heterocycles. The molecule has 0 bridgehead atoms. The summed E-state index contributed by atoms with van der Waals surface area (Å²) in [6.45, 7) is 2.20. The Kier molecular flexibility index (Phi) is 4.13. The number of nitrogens with one attached hydrogen (secondary N) is 1. The summed E-state index contributed by atoms with van der Waals surface area (Å²) in [7, 11) is 0. The molecule has 1 amide bonds. The number of carbonyl (C=O) groups excluding carboxylic acids is 1. The Labute approximate surface area is 121 Å². The molecule has 0 aliphatic heterocycles. The van der Waals surface area contributed by atoms with Crippen molar-refractivity contribution in [1.29, 1.82) is 0 Å². The van der Waals surface area contributed by atoms with Crippen molar-refractivity contribution >= 4 is 17.3 Å². The van der Waals surface area contributed by atoms with Crippen LogP contribution in [-0.4, -0.2) is 15.8 Å². The van der Waals surface area contributed by atoms with Crippen molar-refractivity contribution < 1.29 is 9.72 Å². The van der Waals surface area contributed by atoms with E-state index < -0.39 is 4.92 Å². The lowest BCUT2D eigenvalue weighted by atomic mass is 10.1. The fourth-order valence-electron chi connectivity index (χ4n) is 1.75. The van der Waals surface area contributed by atoms with Gasteiger partial charge < -0.3 is 11.1 Å². The van der Waals surface area contributed by atoms with Crippen molar-refractivity contribution in [3.8, 4) is 0 Å². The van der Waals surface area contributed by atoms with E-state index in [2.05, 4.69) is 10.3 Å². The van der Waals surface area contributed by atoms with Gasteiger partial charge in [0.25, 0.3) is 11.6 Å². The Bertz CT molecular complexity index is 683. The predicted molar refractivity (Wildman–Crippen MR) is 77.7 cm³/mol. The highest BCUT2D eigenvalue weighted by Gasteiger charge is 2.14. The Hall–Kier alpha value is -2.96. The average Bonchev–Trinajstić information content (AvgIpc) is 2.45. The van der Waals surface area contributed by atoms with Gasteiger partial charge in [0.1, 0.15) is 5.69 Å². The number of aryl methyl sites for hydroxylation is 1. The van der Waals surface area contributed by atoms with Crippen LogP contribution in [0.1, 0.15) is 21.6 Å². The maximum atomic E-state index is 12.0. The third-order valence-electron chi connectivity index (χ3n) is 2.91.